The summed E-state index contributed by atoms with van der Waals surface area (Å²) in [6.07, 6.45) is 3.89. The van der Waals surface area contributed by atoms with Gasteiger partial charge in [-0.3, -0.25) is 4.79 Å². The molecule has 0 saturated carbocycles. The third kappa shape index (κ3) is 2.88. The van der Waals surface area contributed by atoms with E-state index < -0.39 is 0 Å². The molecular formula is C18H27N3O. The topological polar surface area (TPSA) is 70.9 Å². The number of nitrogens with one attached hydrogen (secondary N) is 2. The minimum absolute atomic E-state index is 0.0146. The molecule has 0 fully saturated rings. The zero-order valence-electron chi connectivity index (χ0n) is 14.3. The summed E-state index contributed by atoms with van der Waals surface area (Å²) in [5.74, 6) is 0.454. The van der Waals surface area contributed by atoms with Crippen LogP contribution in [-0.4, -0.2) is 17.4 Å². The van der Waals surface area contributed by atoms with Crippen LogP contribution >= 0.6 is 0 Å². The van der Waals surface area contributed by atoms with Crippen molar-refractivity contribution >= 4 is 12.0 Å². The van der Waals surface area contributed by atoms with Gasteiger partial charge in [0, 0.05) is 22.7 Å². The molecule has 2 rings (SSSR count). The number of H-pyrrole nitrogens is 1. The summed E-state index contributed by atoms with van der Waals surface area (Å²) >= 11 is 0. The first-order chi connectivity index (χ1) is 10.4. The summed E-state index contributed by atoms with van der Waals surface area (Å²) in [6.45, 7) is 11.1. The van der Waals surface area contributed by atoms with Crippen molar-refractivity contribution in [3.8, 4) is 0 Å². The van der Waals surface area contributed by atoms with Crippen molar-refractivity contribution in [1.82, 2.24) is 10.3 Å². The Kier molecular flexibility index (Phi) is 4.91. The lowest BCUT2D eigenvalue weighted by atomic mass is 9.94. The van der Waals surface area contributed by atoms with E-state index in [0.29, 0.717) is 12.5 Å². The van der Waals surface area contributed by atoms with Gasteiger partial charge in [0.15, 0.2) is 0 Å². The highest BCUT2D eigenvalue weighted by Crippen LogP contribution is 2.31. The lowest BCUT2D eigenvalue weighted by Crippen LogP contribution is -2.15. The number of aromatic amines is 1. The van der Waals surface area contributed by atoms with Crippen molar-refractivity contribution in [2.24, 2.45) is 5.73 Å². The monoisotopic (exact) mass is 301 g/mol. The maximum absolute atomic E-state index is 11.9. The first kappa shape index (κ1) is 16.6. The quantitative estimate of drug-likeness (QED) is 0.781. The predicted molar refractivity (Wildman–Crippen MR) is 91.5 cm³/mol. The second kappa shape index (κ2) is 6.53. The van der Waals surface area contributed by atoms with Gasteiger partial charge in [0.25, 0.3) is 5.91 Å². The Bertz CT molecular complexity index is 650. The van der Waals surface area contributed by atoms with Crippen molar-refractivity contribution in [2.45, 2.75) is 53.4 Å². The molecule has 4 heteroatoms. The number of aromatic nitrogens is 1. The van der Waals surface area contributed by atoms with Gasteiger partial charge in [-0.15, -0.1) is 0 Å². The van der Waals surface area contributed by atoms with E-state index in [-0.39, 0.29) is 5.91 Å². The van der Waals surface area contributed by atoms with Crippen LogP contribution in [-0.2, 0) is 4.79 Å². The number of carbonyl (C=O) groups excluding carboxylic acids is 1. The molecule has 4 nitrogen and oxygen atoms in total. The van der Waals surface area contributed by atoms with Crippen LogP contribution in [0.3, 0.4) is 0 Å². The molecule has 0 aromatic carbocycles. The summed E-state index contributed by atoms with van der Waals surface area (Å²) in [6, 6.07) is 0. The van der Waals surface area contributed by atoms with Gasteiger partial charge in [0.05, 0.1) is 0 Å². The van der Waals surface area contributed by atoms with Gasteiger partial charge < -0.3 is 16.0 Å². The molecule has 0 spiro atoms. The van der Waals surface area contributed by atoms with Crippen LogP contribution in [0.5, 0.6) is 0 Å². The normalized spacial score (nSPS) is 18.3. The number of aryl methyl sites for hydroxylation is 1. The molecule has 0 saturated heterocycles. The van der Waals surface area contributed by atoms with Crippen molar-refractivity contribution < 1.29 is 4.79 Å². The number of hydrogen-bond donors (Lipinski definition) is 3. The minimum atomic E-state index is 0.0146. The van der Waals surface area contributed by atoms with Crippen molar-refractivity contribution in [3.05, 3.63) is 39.4 Å². The Hall–Kier alpha value is -1.81. The van der Waals surface area contributed by atoms with Gasteiger partial charge in [-0.2, -0.15) is 0 Å². The highest BCUT2D eigenvalue weighted by Gasteiger charge is 2.23. The fourth-order valence-corrected chi connectivity index (χ4v) is 3.42. The molecule has 0 bridgehead atoms. The van der Waals surface area contributed by atoms with Crippen LogP contribution in [0.4, 0.5) is 0 Å². The Morgan fingerprint density at radius 3 is 2.55 bits per heavy atom. The Morgan fingerprint density at radius 2 is 1.95 bits per heavy atom. The van der Waals surface area contributed by atoms with Crippen LogP contribution < -0.4 is 11.1 Å². The Balaban J connectivity index is 2.42. The van der Waals surface area contributed by atoms with Gasteiger partial charge >= 0.3 is 0 Å². The van der Waals surface area contributed by atoms with E-state index in [1.54, 1.807) is 0 Å². The van der Waals surface area contributed by atoms with E-state index in [2.05, 4.69) is 44.1 Å². The van der Waals surface area contributed by atoms with Crippen LogP contribution in [0.1, 0.15) is 62.0 Å². The average Bonchev–Trinajstić information content (AvgIpc) is 2.88. The van der Waals surface area contributed by atoms with E-state index >= 15 is 0 Å². The third-order valence-corrected chi connectivity index (χ3v) is 4.64. The molecule has 4 N–H and O–H groups in total. The highest BCUT2D eigenvalue weighted by molar-refractivity contribution is 6.00. The molecule has 120 valence electrons. The summed E-state index contributed by atoms with van der Waals surface area (Å²) < 4.78 is 0. The standard InChI is InChI=1S/C18H27N3O/c1-6-14-11(3)18(22)21-16(14)9-15-12(4)17(13(5)20-15)10(2)7-8-19/h9-10,20H,6-8,19H2,1-5H3,(H,21,22)/t10-/m1/s1. The maximum Gasteiger partial charge on any atom is 0.251 e. The van der Waals surface area contributed by atoms with E-state index in [9.17, 15) is 4.79 Å². The fourth-order valence-electron chi connectivity index (χ4n) is 3.42. The molecule has 0 aliphatic carbocycles. The first-order valence-electron chi connectivity index (χ1n) is 8.02. The lowest BCUT2D eigenvalue weighted by Gasteiger charge is -2.11. The van der Waals surface area contributed by atoms with E-state index in [1.807, 2.05) is 6.92 Å². The van der Waals surface area contributed by atoms with Crippen LogP contribution in [0.25, 0.3) is 6.08 Å². The molecular weight excluding hydrogens is 274 g/mol. The number of rotatable bonds is 5. The largest absolute Gasteiger partial charge is 0.359 e. The van der Waals surface area contributed by atoms with Gasteiger partial charge in [0.1, 0.15) is 0 Å². The van der Waals surface area contributed by atoms with E-state index in [0.717, 1.165) is 35.4 Å². The molecule has 0 unspecified atom stereocenters. The average molecular weight is 301 g/mol. The van der Waals surface area contributed by atoms with E-state index in [1.165, 1.54) is 16.8 Å². The number of nitrogens with two attached hydrogens (primary N) is 1. The van der Waals surface area contributed by atoms with Crippen molar-refractivity contribution in [3.63, 3.8) is 0 Å². The zero-order valence-corrected chi connectivity index (χ0v) is 14.3. The van der Waals surface area contributed by atoms with Crippen LogP contribution in [0.2, 0.25) is 0 Å². The van der Waals surface area contributed by atoms with E-state index in [4.69, 9.17) is 5.73 Å². The molecule has 0 radical (unpaired) electrons. The molecule has 1 atom stereocenters. The summed E-state index contributed by atoms with van der Waals surface area (Å²) in [4.78, 5) is 15.3. The minimum Gasteiger partial charge on any atom is -0.359 e. The summed E-state index contributed by atoms with van der Waals surface area (Å²) in [5, 5.41) is 2.97. The molecule has 22 heavy (non-hydrogen) atoms. The molecule has 1 aromatic heterocycles. The first-order valence-corrected chi connectivity index (χ1v) is 8.02. The molecule has 2 heterocycles. The van der Waals surface area contributed by atoms with Crippen LogP contribution in [0, 0.1) is 13.8 Å². The fraction of sp³-hybridized carbons (Fsp3) is 0.500. The molecule has 1 amide bonds. The van der Waals surface area contributed by atoms with Gasteiger partial charge in [-0.1, -0.05) is 13.8 Å². The third-order valence-electron chi connectivity index (χ3n) is 4.64. The number of carbonyl (C=O) groups is 1. The molecule has 1 aliphatic rings. The Labute approximate surface area is 132 Å². The Morgan fingerprint density at radius 1 is 1.27 bits per heavy atom. The summed E-state index contributed by atoms with van der Waals surface area (Å²) in [7, 11) is 0. The smallest absolute Gasteiger partial charge is 0.251 e. The lowest BCUT2D eigenvalue weighted by molar-refractivity contribution is -0.116. The van der Waals surface area contributed by atoms with Crippen LogP contribution in [0.15, 0.2) is 16.8 Å². The molecule has 1 aromatic rings. The second-order valence-corrected chi connectivity index (χ2v) is 6.15. The number of amides is 1. The number of hydrogen-bond acceptors (Lipinski definition) is 2. The van der Waals surface area contributed by atoms with Gasteiger partial charge in [0.2, 0.25) is 0 Å². The highest BCUT2D eigenvalue weighted by atomic mass is 16.1. The van der Waals surface area contributed by atoms with Crippen molar-refractivity contribution in [1.29, 1.82) is 0 Å². The summed E-state index contributed by atoms with van der Waals surface area (Å²) in [5.41, 5.74) is 13.4. The second-order valence-electron chi connectivity index (χ2n) is 6.15. The SMILES string of the molecule is CCC1=C(C)C(=O)NC1=Cc1[nH]c(C)c([C@H](C)CCN)c1C. The number of allylic oxidation sites excluding steroid dienone is 1. The zero-order chi connectivity index (χ0) is 16.4. The van der Waals surface area contributed by atoms with Crippen molar-refractivity contribution in [2.75, 3.05) is 6.54 Å². The molecule has 1 aliphatic heterocycles. The predicted octanol–water partition coefficient (Wildman–Crippen LogP) is 3.28. The van der Waals surface area contributed by atoms with Gasteiger partial charge in [-0.05, 0) is 68.9 Å². The maximum atomic E-state index is 11.9. The van der Waals surface area contributed by atoms with Gasteiger partial charge in [-0.25, -0.2) is 0 Å².